The summed E-state index contributed by atoms with van der Waals surface area (Å²) in [6, 6.07) is 35.5. The number of benzene rings is 4. The number of nitrogens with zero attached hydrogens (tertiary/aromatic N) is 1. The second-order valence-corrected chi connectivity index (χ2v) is 18.1. The van der Waals surface area contributed by atoms with Gasteiger partial charge in [-0.15, -0.1) is 11.6 Å². The highest BCUT2D eigenvalue weighted by Gasteiger charge is 2.52. The monoisotopic (exact) mass is 969 g/mol. The Morgan fingerprint density at radius 2 is 1.06 bits per heavy atom. The standard InChI is InChI=1S/C51H69ClNO13P/c1-38(2)53(39(3)4)67(63-26-25-52)66-47-46(37-62-51(40-13-9-7-10-14-40,41-17-21-43(54-5)22-18-41)42-19-23-44(55-6)24-20-42)65-50(64-45-15-11-8-12-16-45)49-48(47)60-35-33-58-31-29-56-27-28-57-30-32-59-34-36-61-49/h7-24,38-39,46-50H,25-37H2,1-6H3/t46-,47-,48+,49-,50-,67?/m1/s1. The minimum absolute atomic E-state index is 0.0160. The first kappa shape index (κ1) is 52.9. The molecule has 14 nitrogen and oxygen atoms in total. The fourth-order valence-corrected chi connectivity index (χ4v) is 10.1. The smallest absolute Gasteiger partial charge is 0.259 e. The minimum atomic E-state index is -1.77. The van der Waals surface area contributed by atoms with Crippen LogP contribution in [-0.4, -0.2) is 147 Å². The van der Waals surface area contributed by atoms with Crippen LogP contribution in [0.2, 0.25) is 0 Å². The SMILES string of the molecule is COc1ccc(C(OC[C@H]2O[C@@H](Oc3ccccc3)[C@@H]3OCCOCCOCCOCCOCCO[C@H]3[C@@H]2OP(OCCCl)N(C(C)C)C(C)C)(c2ccccc2)c2ccc(OC)cc2)cc1. The Morgan fingerprint density at radius 1 is 0.597 bits per heavy atom. The molecule has 2 aliphatic rings. The molecule has 0 bridgehead atoms. The van der Waals surface area contributed by atoms with E-state index < -0.39 is 44.8 Å². The summed E-state index contributed by atoms with van der Waals surface area (Å²) in [6.45, 7) is 12.2. The molecule has 2 aliphatic heterocycles. The van der Waals surface area contributed by atoms with Crippen molar-refractivity contribution in [3.05, 3.63) is 126 Å². The maximum atomic E-state index is 7.54. The number of methoxy groups -OCH3 is 2. The van der Waals surface area contributed by atoms with E-state index in [0.29, 0.717) is 56.9 Å². The highest BCUT2D eigenvalue weighted by atomic mass is 35.5. The maximum Gasteiger partial charge on any atom is 0.259 e. The van der Waals surface area contributed by atoms with Gasteiger partial charge in [0, 0.05) is 18.0 Å². The van der Waals surface area contributed by atoms with E-state index in [9.17, 15) is 0 Å². The molecular formula is C51H69ClNO13P. The van der Waals surface area contributed by atoms with Crippen LogP contribution >= 0.6 is 20.1 Å². The Bertz CT molecular complexity index is 1880. The van der Waals surface area contributed by atoms with Gasteiger partial charge in [0.1, 0.15) is 47.3 Å². The lowest BCUT2D eigenvalue weighted by Gasteiger charge is -2.48. The zero-order chi connectivity index (χ0) is 47.3. The Labute approximate surface area is 403 Å². The van der Waals surface area contributed by atoms with Gasteiger partial charge < -0.3 is 61.2 Å². The van der Waals surface area contributed by atoms with Gasteiger partial charge >= 0.3 is 0 Å². The molecule has 0 aliphatic carbocycles. The van der Waals surface area contributed by atoms with E-state index in [1.54, 1.807) is 14.2 Å². The molecule has 2 heterocycles. The van der Waals surface area contributed by atoms with Gasteiger partial charge in [-0.2, -0.15) is 0 Å². The summed E-state index contributed by atoms with van der Waals surface area (Å²) in [4.78, 5) is 0. The van der Waals surface area contributed by atoms with E-state index in [1.807, 2.05) is 97.1 Å². The normalized spacial score (nSPS) is 22.4. The number of hydrogen-bond donors (Lipinski definition) is 0. The minimum Gasteiger partial charge on any atom is -0.497 e. The van der Waals surface area contributed by atoms with Crippen molar-refractivity contribution in [3.63, 3.8) is 0 Å². The van der Waals surface area contributed by atoms with E-state index in [0.717, 1.165) is 16.7 Å². The van der Waals surface area contributed by atoms with Crippen molar-refractivity contribution in [2.45, 2.75) is 76.1 Å². The van der Waals surface area contributed by atoms with Crippen LogP contribution < -0.4 is 14.2 Å². The summed E-state index contributed by atoms with van der Waals surface area (Å²) in [5, 5.41) is 0. The largest absolute Gasteiger partial charge is 0.497 e. The van der Waals surface area contributed by atoms with E-state index in [2.05, 4.69) is 44.5 Å². The number of halogens is 1. The summed E-state index contributed by atoms with van der Waals surface area (Å²) in [7, 11) is 1.53. The molecule has 6 rings (SSSR count). The number of fused-ring (bicyclic) bond motifs is 1. The van der Waals surface area contributed by atoms with Gasteiger partial charge in [0.15, 0.2) is 0 Å². The number of para-hydroxylation sites is 1. The second kappa shape index (κ2) is 28.3. The Balaban J connectivity index is 1.48. The molecule has 0 saturated carbocycles. The summed E-state index contributed by atoms with van der Waals surface area (Å²) in [5.41, 5.74) is 1.41. The van der Waals surface area contributed by atoms with Gasteiger partial charge in [0.05, 0.1) is 93.5 Å². The molecule has 4 aromatic carbocycles. The fraction of sp³-hybridized carbons (Fsp3) is 0.529. The molecule has 2 fully saturated rings. The van der Waals surface area contributed by atoms with Crippen molar-refractivity contribution in [1.29, 1.82) is 0 Å². The van der Waals surface area contributed by atoms with Crippen LogP contribution in [-0.2, 0) is 52.5 Å². The average Bonchev–Trinajstić information content (AvgIpc) is 3.35. The molecule has 0 radical (unpaired) electrons. The van der Waals surface area contributed by atoms with Crippen LogP contribution in [0.4, 0.5) is 0 Å². The molecule has 368 valence electrons. The van der Waals surface area contributed by atoms with E-state index in [4.69, 9.17) is 72.8 Å². The molecule has 67 heavy (non-hydrogen) atoms. The van der Waals surface area contributed by atoms with Crippen molar-refractivity contribution in [1.82, 2.24) is 4.67 Å². The summed E-state index contributed by atoms with van der Waals surface area (Å²) in [6.07, 6.45) is -4.34. The van der Waals surface area contributed by atoms with E-state index in [-0.39, 0.29) is 57.6 Å². The van der Waals surface area contributed by atoms with E-state index >= 15 is 0 Å². The molecule has 2 saturated heterocycles. The topological polar surface area (TPSA) is 123 Å². The highest BCUT2D eigenvalue weighted by Crippen LogP contribution is 2.50. The van der Waals surface area contributed by atoms with Gasteiger partial charge in [-0.25, -0.2) is 4.67 Å². The molecule has 6 atom stereocenters. The molecule has 0 aromatic heterocycles. The van der Waals surface area contributed by atoms with Crippen LogP contribution in [0.3, 0.4) is 0 Å². The van der Waals surface area contributed by atoms with Crippen molar-refractivity contribution in [3.8, 4) is 17.2 Å². The fourth-order valence-electron chi connectivity index (χ4n) is 8.10. The van der Waals surface area contributed by atoms with Crippen molar-refractivity contribution in [2.24, 2.45) is 0 Å². The summed E-state index contributed by atoms with van der Waals surface area (Å²) >= 11 is 6.32. The van der Waals surface area contributed by atoms with Gasteiger partial charge in [-0.3, -0.25) is 0 Å². The van der Waals surface area contributed by atoms with Crippen molar-refractivity contribution >= 4 is 20.1 Å². The van der Waals surface area contributed by atoms with Gasteiger partial charge in [-0.1, -0.05) is 72.8 Å². The van der Waals surface area contributed by atoms with Crippen LogP contribution in [0, 0.1) is 0 Å². The van der Waals surface area contributed by atoms with Crippen LogP contribution in [0.5, 0.6) is 17.2 Å². The van der Waals surface area contributed by atoms with Crippen LogP contribution in [0.1, 0.15) is 44.4 Å². The number of rotatable bonds is 18. The van der Waals surface area contributed by atoms with Gasteiger partial charge in [0.25, 0.3) is 8.53 Å². The highest BCUT2D eigenvalue weighted by molar-refractivity contribution is 7.44. The lowest BCUT2D eigenvalue weighted by atomic mass is 9.80. The van der Waals surface area contributed by atoms with Crippen molar-refractivity contribution in [2.75, 3.05) is 99.4 Å². The maximum absolute atomic E-state index is 7.54. The summed E-state index contributed by atoms with van der Waals surface area (Å²) < 4.78 is 85.9. The zero-order valence-corrected chi connectivity index (χ0v) is 41.4. The third-order valence-electron chi connectivity index (χ3n) is 11.2. The molecule has 0 spiro atoms. The van der Waals surface area contributed by atoms with Crippen molar-refractivity contribution < 1.29 is 61.2 Å². The molecule has 4 aromatic rings. The predicted octanol–water partition coefficient (Wildman–Crippen LogP) is 8.65. The molecule has 0 N–H and O–H groups in total. The summed E-state index contributed by atoms with van der Waals surface area (Å²) in [5.74, 6) is 2.27. The number of alkyl halides is 1. The third kappa shape index (κ3) is 15.0. The third-order valence-corrected chi connectivity index (χ3v) is 13.4. The Morgan fingerprint density at radius 3 is 1.54 bits per heavy atom. The lowest BCUT2D eigenvalue weighted by Crippen LogP contribution is -2.63. The Hall–Kier alpha value is -3.44. The number of hydrogen-bond acceptors (Lipinski definition) is 14. The predicted molar refractivity (Wildman–Crippen MR) is 257 cm³/mol. The molecule has 0 amide bonds. The second-order valence-electron chi connectivity index (χ2n) is 16.3. The first-order valence-electron chi connectivity index (χ1n) is 23.1. The molecule has 1 unspecified atom stereocenters. The first-order valence-corrected chi connectivity index (χ1v) is 24.8. The zero-order valence-electron chi connectivity index (χ0n) is 39.7. The van der Waals surface area contributed by atoms with Crippen LogP contribution in [0.15, 0.2) is 109 Å². The Kier molecular flexibility index (Phi) is 22.3. The lowest BCUT2D eigenvalue weighted by molar-refractivity contribution is -0.298. The van der Waals surface area contributed by atoms with Gasteiger partial charge in [0.2, 0.25) is 6.29 Å². The van der Waals surface area contributed by atoms with Crippen LogP contribution in [0.25, 0.3) is 0 Å². The van der Waals surface area contributed by atoms with E-state index in [1.165, 1.54) is 0 Å². The number of ether oxygens (including phenoxy) is 11. The first-order chi connectivity index (χ1) is 32.8. The average molecular weight is 971 g/mol. The molecular weight excluding hydrogens is 901 g/mol. The molecule has 16 heteroatoms. The van der Waals surface area contributed by atoms with Gasteiger partial charge in [-0.05, 0) is 80.8 Å². The quantitative estimate of drug-likeness (QED) is 0.0537.